The van der Waals surface area contributed by atoms with E-state index in [-0.39, 0.29) is 68.3 Å². The van der Waals surface area contributed by atoms with E-state index in [1.807, 2.05) is 48.5 Å². The van der Waals surface area contributed by atoms with Crippen LogP contribution in [0.1, 0.15) is 70.3 Å². The Kier molecular flexibility index (Phi) is 24.1. The summed E-state index contributed by atoms with van der Waals surface area (Å²) in [5.41, 5.74) is 3.63. The van der Waals surface area contributed by atoms with Gasteiger partial charge in [-0.05, 0) is 137 Å². The highest BCUT2D eigenvalue weighted by molar-refractivity contribution is 6.35. The summed E-state index contributed by atoms with van der Waals surface area (Å²) in [6.07, 6.45) is 3.66. The Labute approximate surface area is 602 Å². The number of aromatic nitrogens is 17. The normalized spacial score (nSPS) is 10.6. The lowest BCUT2D eigenvalue weighted by molar-refractivity contribution is -0.384. The van der Waals surface area contributed by atoms with Gasteiger partial charge in [-0.15, -0.1) is 0 Å². The van der Waals surface area contributed by atoms with Crippen LogP contribution in [0.5, 0.6) is 0 Å². The molecule has 0 atom stereocenters. The number of non-ortho nitro benzene ring substituents is 1. The van der Waals surface area contributed by atoms with Gasteiger partial charge in [0.25, 0.3) is 29.3 Å². The first kappa shape index (κ1) is 73.3. The number of nitrogens with zero attached hydrogens (tertiary/aromatic N) is 18. The van der Waals surface area contributed by atoms with Crippen molar-refractivity contribution in [2.24, 2.45) is 0 Å². The van der Waals surface area contributed by atoms with Gasteiger partial charge in [0.05, 0.1) is 47.9 Å². The number of benzene rings is 4. The third-order valence-electron chi connectivity index (χ3n) is 13.6. The third kappa shape index (κ3) is 20.2. The van der Waals surface area contributed by atoms with Gasteiger partial charge in [-0.25, -0.2) is 19.9 Å². The Balaban J connectivity index is 0.000000149. The number of anilines is 4. The molecule has 34 heteroatoms. The predicted octanol–water partition coefficient (Wildman–Crippen LogP) is 13.9. The lowest BCUT2D eigenvalue weighted by atomic mass is 10.1. The number of rotatable bonds is 14. The van der Waals surface area contributed by atoms with E-state index in [0.717, 1.165) is 29.5 Å². The number of nitro benzene ring substituents is 1. The zero-order chi connectivity index (χ0) is 73.9. The third-order valence-corrected chi connectivity index (χ3v) is 14.6. The topological polar surface area (TPSA) is 379 Å². The van der Waals surface area contributed by atoms with Gasteiger partial charge in [0, 0.05) is 54.2 Å². The fraction of sp³-hybridized carbons (Fsp3) is 0.0714. The summed E-state index contributed by atoms with van der Waals surface area (Å²) in [5, 5.41) is 21.0. The van der Waals surface area contributed by atoms with Gasteiger partial charge >= 0.3 is 6.18 Å². The van der Waals surface area contributed by atoms with E-state index >= 15 is 0 Å². The van der Waals surface area contributed by atoms with E-state index in [4.69, 9.17) is 34.8 Å². The number of nitrogens with one attached hydrogen (secondary N) is 4. The minimum Gasteiger partial charge on any atom is -0.290 e. The van der Waals surface area contributed by atoms with Gasteiger partial charge in [-0.2, -0.15) is 53.0 Å². The molecule has 0 fully saturated rings. The SMILES string of the molecule is Cc1nc(NC(=O)c2ccc(-c3ccccn3)cc2)nc(-c2ccccn2)n1.Cc1nc(NC(=O)c2ccc(C(F)(F)F)cc2Cl)nc(-c2ccccn2)n1.Cc1nc(NC(=O)c2ccc([N+](=O)[O-])cc2Cl)nc(-c2ccccn2)n1.Cc1nc(NC(=O)c2ccccc2Cl)nc(-c2ccccn2)n1. The Morgan fingerprint density at radius 2 is 0.692 bits per heavy atom. The lowest BCUT2D eigenvalue weighted by Crippen LogP contribution is -2.16. The zero-order valence-electron chi connectivity index (χ0n) is 54.4. The molecule has 0 radical (unpaired) electrons. The number of aryl methyl sites for hydroxylation is 4. The number of nitro groups is 1. The van der Waals surface area contributed by atoms with Crippen LogP contribution in [0, 0.1) is 37.8 Å². The lowest BCUT2D eigenvalue weighted by Gasteiger charge is -2.10. The van der Waals surface area contributed by atoms with Gasteiger partial charge in [-0.1, -0.05) is 89.4 Å². The quantitative estimate of drug-likeness (QED) is 0.0580. The highest BCUT2D eigenvalue weighted by Crippen LogP contribution is 2.33. The summed E-state index contributed by atoms with van der Waals surface area (Å²) in [6.45, 7) is 6.72. The molecule has 0 aliphatic rings. The summed E-state index contributed by atoms with van der Waals surface area (Å²) < 4.78 is 38.1. The largest absolute Gasteiger partial charge is 0.416 e. The molecule has 9 aromatic heterocycles. The first-order valence-electron chi connectivity index (χ1n) is 30.4. The van der Waals surface area contributed by atoms with Crippen molar-refractivity contribution >= 4 is 87.9 Å². The number of pyridine rings is 5. The summed E-state index contributed by atoms with van der Waals surface area (Å²) >= 11 is 17.8. The minimum atomic E-state index is -4.55. The van der Waals surface area contributed by atoms with Crippen LogP contribution in [0.3, 0.4) is 0 Å². The smallest absolute Gasteiger partial charge is 0.290 e. The maximum Gasteiger partial charge on any atom is 0.416 e. The summed E-state index contributed by atoms with van der Waals surface area (Å²) in [4.78, 5) is 131. The molecule has 0 spiro atoms. The molecule has 28 nitrogen and oxygen atoms in total. The zero-order valence-corrected chi connectivity index (χ0v) is 56.7. The molecular formula is C70H50Cl3F3N22O6. The van der Waals surface area contributed by atoms with Crippen LogP contribution in [0.4, 0.5) is 42.7 Å². The predicted molar refractivity (Wildman–Crippen MR) is 379 cm³/mol. The molecular weight excluding hydrogens is 1410 g/mol. The molecule has 0 bridgehead atoms. The molecule has 13 rings (SSSR count). The van der Waals surface area contributed by atoms with Crippen molar-refractivity contribution in [2.45, 2.75) is 33.9 Å². The fourth-order valence-electron chi connectivity index (χ4n) is 8.92. The number of halogens is 6. The van der Waals surface area contributed by atoms with Crippen molar-refractivity contribution in [1.29, 1.82) is 0 Å². The molecule has 0 aliphatic heterocycles. The number of hydrogen-bond acceptors (Lipinski definition) is 23. The standard InChI is InChI=1S/C21H16N6O.C17H11ClF3N5O.C16H11ClN6O3.C16H12ClN5O/c1-14-24-19(18-7-3-5-13-23-18)26-21(25-14)27-20(28)16-10-8-15(9-11-16)17-6-2-4-12-22-17;1-9-23-14(13-4-2-3-7-22-13)25-16(24-9)26-15(27)11-6-5-10(8-12(11)18)17(19,20)21;1-9-19-14(13-4-2-3-7-18-13)21-16(20-9)22-15(24)11-6-5-10(23(25)26)8-12(11)17;1-10-19-14(13-8-4-5-9-18-13)21-16(20-10)22-15(23)11-6-2-3-7-12(11)17/h2-13H,1H3,(H,24,25,26,27,28);2-8H,1H3,(H,23,24,25,26,27);2-8H,1H3,(H,19,20,21,22,24);2-9H,1H3,(H,19,20,21,22,23). The molecule has 0 saturated heterocycles. The van der Waals surface area contributed by atoms with Crippen LogP contribution >= 0.6 is 34.8 Å². The van der Waals surface area contributed by atoms with Crippen LogP contribution in [0.25, 0.3) is 57.3 Å². The Bertz CT molecular complexity index is 5250. The van der Waals surface area contributed by atoms with Gasteiger partial charge in [-0.3, -0.25) is 75.5 Å². The second kappa shape index (κ2) is 34.1. The summed E-state index contributed by atoms with van der Waals surface area (Å²) in [6, 6.07) is 47.0. The average Bonchev–Trinajstić information content (AvgIpc) is 0.821. The van der Waals surface area contributed by atoms with E-state index in [0.29, 0.717) is 85.8 Å². The van der Waals surface area contributed by atoms with E-state index in [1.54, 1.807) is 150 Å². The highest BCUT2D eigenvalue weighted by atomic mass is 35.5. The van der Waals surface area contributed by atoms with E-state index in [1.165, 1.54) is 12.1 Å². The molecule has 4 aromatic carbocycles. The molecule has 0 unspecified atom stereocenters. The fourth-order valence-corrected chi connectivity index (χ4v) is 9.67. The van der Waals surface area contributed by atoms with E-state index < -0.39 is 28.5 Å². The van der Waals surface area contributed by atoms with Crippen molar-refractivity contribution in [3.8, 4) is 57.3 Å². The van der Waals surface area contributed by atoms with Crippen LogP contribution in [-0.4, -0.2) is 113 Å². The molecule has 518 valence electrons. The van der Waals surface area contributed by atoms with Gasteiger partial charge in [0.15, 0.2) is 23.3 Å². The van der Waals surface area contributed by atoms with Crippen LogP contribution < -0.4 is 21.3 Å². The van der Waals surface area contributed by atoms with Crippen molar-refractivity contribution in [1.82, 2.24) is 84.7 Å². The maximum absolute atomic E-state index is 12.7. The second-order valence-corrected chi connectivity index (χ2v) is 22.4. The van der Waals surface area contributed by atoms with E-state index in [9.17, 15) is 42.5 Å². The molecule has 9 heterocycles. The summed E-state index contributed by atoms with van der Waals surface area (Å²) in [7, 11) is 0. The Morgan fingerprint density at radius 1 is 0.365 bits per heavy atom. The average molecular weight is 1460 g/mol. The number of hydrogen-bond donors (Lipinski definition) is 4. The number of carbonyl (C=O) groups is 4. The number of amides is 4. The molecule has 0 aliphatic carbocycles. The van der Waals surface area contributed by atoms with Crippen LogP contribution in [0.15, 0.2) is 207 Å². The minimum absolute atomic E-state index is 0.0255. The van der Waals surface area contributed by atoms with Crippen LogP contribution in [0.2, 0.25) is 15.1 Å². The van der Waals surface area contributed by atoms with Gasteiger partial charge in [0.1, 0.15) is 46.1 Å². The molecule has 4 N–H and O–H groups in total. The number of carbonyl (C=O) groups excluding carboxylic acids is 4. The Morgan fingerprint density at radius 3 is 1.02 bits per heavy atom. The molecule has 4 amide bonds. The maximum atomic E-state index is 12.7. The van der Waals surface area contributed by atoms with Crippen molar-refractivity contribution < 1.29 is 37.3 Å². The first-order valence-corrected chi connectivity index (χ1v) is 31.5. The molecule has 0 saturated carbocycles. The van der Waals surface area contributed by atoms with Crippen molar-refractivity contribution in [2.75, 3.05) is 21.3 Å². The van der Waals surface area contributed by atoms with Gasteiger partial charge in [0.2, 0.25) is 23.8 Å². The van der Waals surface area contributed by atoms with Crippen molar-refractivity contribution in [3.63, 3.8) is 0 Å². The van der Waals surface area contributed by atoms with E-state index in [2.05, 4.69) is 106 Å². The highest BCUT2D eigenvalue weighted by Gasteiger charge is 2.32. The Hall–Kier alpha value is -13.4. The summed E-state index contributed by atoms with van der Waals surface area (Å²) in [5.74, 6) is 1.35. The monoisotopic (exact) mass is 1460 g/mol. The molecule has 13 aromatic rings. The number of alkyl halides is 3. The van der Waals surface area contributed by atoms with Gasteiger partial charge < -0.3 is 0 Å². The van der Waals surface area contributed by atoms with Crippen LogP contribution in [-0.2, 0) is 6.18 Å². The second-order valence-electron chi connectivity index (χ2n) is 21.2. The first-order chi connectivity index (χ1) is 50.0. The molecule has 104 heavy (non-hydrogen) atoms. The van der Waals surface area contributed by atoms with Crippen molar-refractivity contribution in [3.05, 3.63) is 283 Å².